The van der Waals surface area contributed by atoms with E-state index in [1.165, 1.54) is 0 Å². The molecule has 190 valence electrons. The lowest BCUT2D eigenvalue weighted by Gasteiger charge is -2.12. The first-order valence-electron chi connectivity index (χ1n) is 12.3. The zero-order valence-electron chi connectivity index (χ0n) is 21.1. The van der Waals surface area contributed by atoms with Gasteiger partial charge in [-0.25, -0.2) is 0 Å². The molecule has 37 heavy (non-hydrogen) atoms. The second-order valence-electron chi connectivity index (χ2n) is 8.62. The average molecular weight is 500 g/mol. The predicted molar refractivity (Wildman–Crippen MR) is 142 cm³/mol. The number of ether oxygens (including phenoxy) is 4. The molecule has 7 heteroatoms. The van der Waals surface area contributed by atoms with Gasteiger partial charge in [0.05, 0.1) is 19.5 Å². The van der Waals surface area contributed by atoms with E-state index in [-0.39, 0.29) is 12.7 Å². The standard InChI is InChI=1S/C30H29NO6/c1-4-33-22-9-7-21(8-10-22)25-17-35-28-15-27(34-5-2)23(14-24(25)28)19(3)12-30(32)31-16-20-6-11-26-29(13-20)37-18-36-26/h6-15,17H,4-5,16,18H2,1-3H3,(H,31,32)/b19-12+. The Bertz CT molecular complexity index is 1450. The van der Waals surface area contributed by atoms with Crippen LogP contribution in [0.2, 0.25) is 0 Å². The fourth-order valence-corrected chi connectivity index (χ4v) is 4.32. The number of furan rings is 1. The molecule has 5 rings (SSSR count). The summed E-state index contributed by atoms with van der Waals surface area (Å²) >= 11 is 0. The van der Waals surface area contributed by atoms with Crippen LogP contribution < -0.4 is 24.3 Å². The first-order chi connectivity index (χ1) is 18.1. The van der Waals surface area contributed by atoms with E-state index in [1.807, 2.05) is 75.4 Å². The van der Waals surface area contributed by atoms with Gasteiger partial charge >= 0.3 is 0 Å². The molecule has 4 aromatic rings. The highest BCUT2D eigenvalue weighted by atomic mass is 16.7. The molecule has 1 amide bonds. The number of hydrogen-bond donors (Lipinski definition) is 1. The van der Waals surface area contributed by atoms with E-state index < -0.39 is 0 Å². The van der Waals surface area contributed by atoms with Gasteiger partial charge in [-0.05, 0) is 67.8 Å². The van der Waals surface area contributed by atoms with Gasteiger partial charge in [-0.2, -0.15) is 0 Å². The second kappa shape index (κ2) is 10.7. The number of carbonyl (C=O) groups excluding carboxylic acids is 1. The van der Waals surface area contributed by atoms with Gasteiger partial charge in [0.25, 0.3) is 0 Å². The maximum absolute atomic E-state index is 12.8. The Labute approximate surface area is 215 Å². The Hall–Kier alpha value is -4.39. The fourth-order valence-electron chi connectivity index (χ4n) is 4.32. The molecule has 1 aromatic heterocycles. The zero-order chi connectivity index (χ0) is 25.8. The van der Waals surface area contributed by atoms with Crippen molar-refractivity contribution in [1.29, 1.82) is 0 Å². The summed E-state index contributed by atoms with van der Waals surface area (Å²) < 4.78 is 28.1. The molecule has 0 aliphatic carbocycles. The second-order valence-corrected chi connectivity index (χ2v) is 8.62. The highest BCUT2D eigenvalue weighted by Crippen LogP contribution is 2.38. The molecule has 0 bridgehead atoms. The summed E-state index contributed by atoms with van der Waals surface area (Å²) in [4.78, 5) is 12.8. The van der Waals surface area contributed by atoms with Crippen molar-refractivity contribution in [3.8, 4) is 34.1 Å². The number of nitrogens with one attached hydrogen (secondary N) is 1. The number of fused-ring (bicyclic) bond motifs is 2. The highest BCUT2D eigenvalue weighted by molar-refractivity contribution is 6.00. The smallest absolute Gasteiger partial charge is 0.244 e. The van der Waals surface area contributed by atoms with Gasteiger partial charge in [-0.3, -0.25) is 4.79 Å². The van der Waals surface area contributed by atoms with Crippen molar-refractivity contribution < 1.29 is 28.2 Å². The molecule has 2 heterocycles. The Morgan fingerprint density at radius 3 is 2.54 bits per heavy atom. The Morgan fingerprint density at radius 1 is 0.973 bits per heavy atom. The maximum Gasteiger partial charge on any atom is 0.244 e. The average Bonchev–Trinajstić information content (AvgIpc) is 3.54. The van der Waals surface area contributed by atoms with Crippen LogP contribution in [-0.2, 0) is 11.3 Å². The molecular formula is C30H29NO6. The third-order valence-corrected chi connectivity index (χ3v) is 6.13. The Kier molecular flexibility index (Phi) is 7.03. The third kappa shape index (κ3) is 5.26. The molecule has 0 saturated heterocycles. The van der Waals surface area contributed by atoms with Crippen molar-refractivity contribution in [2.45, 2.75) is 27.3 Å². The van der Waals surface area contributed by atoms with Crippen LogP contribution in [0.5, 0.6) is 23.0 Å². The lowest BCUT2D eigenvalue weighted by atomic mass is 9.99. The van der Waals surface area contributed by atoms with Gasteiger partial charge in [0.1, 0.15) is 17.1 Å². The quantitative estimate of drug-likeness (QED) is 0.271. The van der Waals surface area contributed by atoms with E-state index in [1.54, 1.807) is 12.3 Å². The number of carbonyl (C=O) groups is 1. The van der Waals surface area contributed by atoms with E-state index in [9.17, 15) is 4.79 Å². The summed E-state index contributed by atoms with van der Waals surface area (Å²) in [6, 6.07) is 17.5. The largest absolute Gasteiger partial charge is 0.494 e. The minimum absolute atomic E-state index is 0.198. The molecule has 0 fully saturated rings. The van der Waals surface area contributed by atoms with Gasteiger partial charge < -0.3 is 28.7 Å². The van der Waals surface area contributed by atoms with Gasteiger partial charge in [-0.15, -0.1) is 0 Å². The van der Waals surface area contributed by atoms with Crippen LogP contribution in [-0.4, -0.2) is 25.9 Å². The summed E-state index contributed by atoms with van der Waals surface area (Å²) in [5, 5.41) is 3.89. The molecule has 1 aliphatic rings. The van der Waals surface area contributed by atoms with E-state index >= 15 is 0 Å². The molecule has 0 unspecified atom stereocenters. The van der Waals surface area contributed by atoms with Crippen LogP contribution >= 0.6 is 0 Å². The maximum atomic E-state index is 12.8. The summed E-state index contributed by atoms with van der Waals surface area (Å²) in [5.74, 6) is 2.70. The van der Waals surface area contributed by atoms with Gasteiger partial charge in [0.15, 0.2) is 11.5 Å². The van der Waals surface area contributed by atoms with Crippen molar-refractivity contribution >= 4 is 22.4 Å². The van der Waals surface area contributed by atoms with Crippen molar-refractivity contribution in [2.75, 3.05) is 20.0 Å². The lowest BCUT2D eigenvalue weighted by Crippen LogP contribution is -2.20. The number of rotatable bonds is 9. The van der Waals surface area contributed by atoms with Gasteiger partial charge in [0, 0.05) is 35.2 Å². The molecule has 1 aliphatic heterocycles. The molecule has 1 N–H and O–H groups in total. The first-order valence-corrected chi connectivity index (χ1v) is 12.3. The normalized spacial score (nSPS) is 12.6. The summed E-state index contributed by atoms with van der Waals surface area (Å²) in [5.41, 5.74) is 5.24. The summed E-state index contributed by atoms with van der Waals surface area (Å²) in [6.45, 7) is 7.50. The minimum Gasteiger partial charge on any atom is -0.494 e. The summed E-state index contributed by atoms with van der Waals surface area (Å²) in [6.07, 6.45) is 3.34. The molecule has 0 spiro atoms. The van der Waals surface area contributed by atoms with Crippen LogP contribution in [0, 0.1) is 0 Å². The van der Waals surface area contributed by atoms with Gasteiger partial charge in [0.2, 0.25) is 12.7 Å². The van der Waals surface area contributed by atoms with Crippen LogP contribution in [0.15, 0.2) is 71.4 Å². The molecule has 3 aromatic carbocycles. The SMILES string of the molecule is CCOc1ccc(-c2coc3cc(OCC)c(/C(C)=C/C(=O)NCc4ccc5c(c4)OCO5)cc23)cc1. The Balaban J connectivity index is 1.39. The van der Waals surface area contributed by atoms with E-state index in [0.29, 0.717) is 37.0 Å². The molecule has 0 atom stereocenters. The van der Waals surface area contributed by atoms with Gasteiger partial charge in [-0.1, -0.05) is 18.2 Å². The van der Waals surface area contributed by atoms with E-state index in [2.05, 4.69) is 5.32 Å². The molecule has 0 saturated carbocycles. The number of allylic oxidation sites excluding steroid dienone is 1. The van der Waals surface area contributed by atoms with Crippen LogP contribution in [0.3, 0.4) is 0 Å². The molecular weight excluding hydrogens is 470 g/mol. The van der Waals surface area contributed by atoms with E-state index in [0.717, 1.165) is 44.5 Å². The first kappa shape index (κ1) is 24.3. The summed E-state index contributed by atoms with van der Waals surface area (Å²) in [7, 11) is 0. The minimum atomic E-state index is -0.198. The highest BCUT2D eigenvalue weighted by Gasteiger charge is 2.16. The molecule has 7 nitrogen and oxygen atoms in total. The van der Waals surface area contributed by atoms with E-state index in [4.69, 9.17) is 23.4 Å². The van der Waals surface area contributed by atoms with Crippen molar-refractivity contribution in [3.05, 3.63) is 78.1 Å². The third-order valence-electron chi connectivity index (χ3n) is 6.13. The number of benzene rings is 3. The van der Waals surface area contributed by atoms with Crippen LogP contribution in [0.4, 0.5) is 0 Å². The monoisotopic (exact) mass is 499 g/mol. The number of amides is 1. The lowest BCUT2D eigenvalue weighted by molar-refractivity contribution is -0.116. The van der Waals surface area contributed by atoms with Crippen molar-refractivity contribution in [3.63, 3.8) is 0 Å². The van der Waals surface area contributed by atoms with Crippen molar-refractivity contribution in [2.24, 2.45) is 0 Å². The Morgan fingerprint density at radius 2 is 1.76 bits per heavy atom. The van der Waals surface area contributed by atoms with Crippen LogP contribution in [0.1, 0.15) is 31.9 Å². The van der Waals surface area contributed by atoms with Crippen molar-refractivity contribution in [1.82, 2.24) is 5.32 Å². The van der Waals surface area contributed by atoms with Crippen LogP contribution in [0.25, 0.3) is 27.7 Å². The molecule has 0 radical (unpaired) electrons. The number of hydrogen-bond acceptors (Lipinski definition) is 6. The predicted octanol–water partition coefficient (Wildman–Crippen LogP) is 6.35. The topological polar surface area (TPSA) is 79.2 Å². The zero-order valence-corrected chi connectivity index (χ0v) is 21.1. The fraction of sp³-hybridized carbons (Fsp3) is 0.233.